The lowest BCUT2D eigenvalue weighted by Crippen LogP contribution is -2.35. The Morgan fingerprint density at radius 2 is 1.80 bits per heavy atom. The number of hydrogen-bond donors (Lipinski definition) is 0. The molecule has 0 amide bonds. The molecule has 0 N–H and O–H groups in total. The van der Waals surface area contributed by atoms with E-state index in [1.54, 1.807) is 0 Å². The van der Waals surface area contributed by atoms with Crippen molar-refractivity contribution < 1.29 is 4.79 Å². The summed E-state index contributed by atoms with van der Waals surface area (Å²) in [6.45, 7) is 2.29. The van der Waals surface area contributed by atoms with Crippen LogP contribution in [0.25, 0.3) is 0 Å². The van der Waals surface area contributed by atoms with Crippen LogP contribution in [0.15, 0.2) is 0 Å². The molecule has 2 unspecified atom stereocenters. The second-order valence-corrected chi connectivity index (χ2v) is 5.85. The number of carbonyl (C=O) groups excluding carboxylic acids is 1. The highest BCUT2D eigenvalue weighted by Crippen LogP contribution is 2.46. The molecule has 0 bridgehead atoms. The third kappa shape index (κ3) is 2.26. The van der Waals surface area contributed by atoms with Crippen LogP contribution < -0.4 is 0 Å². The Kier molecular flexibility index (Phi) is 3.48. The summed E-state index contributed by atoms with van der Waals surface area (Å²) in [6.07, 6.45) is 13.1. The van der Waals surface area contributed by atoms with Crippen molar-refractivity contribution in [3.63, 3.8) is 0 Å². The molecule has 1 heteroatoms. The molecule has 15 heavy (non-hydrogen) atoms. The Hall–Kier alpha value is -0.330. The highest BCUT2D eigenvalue weighted by atomic mass is 16.1. The molecular weight excluding hydrogens is 184 g/mol. The number of carbonyl (C=O) groups is 1. The SMILES string of the molecule is CC1CCCCC1(C=O)CC1CCCC1. The molecule has 0 aromatic heterocycles. The average Bonchev–Trinajstić information content (AvgIpc) is 2.74. The maximum absolute atomic E-state index is 11.5. The summed E-state index contributed by atoms with van der Waals surface area (Å²) >= 11 is 0. The Morgan fingerprint density at radius 3 is 2.40 bits per heavy atom. The van der Waals surface area contributed by atoms with Gasteiger partial charge in [0.05, 0.1) is 0 Å². The maximum atomic E-state index is 11.5. The van der Waals surface area contributed by atoms with Crippen LogP contribution in [-0.4, -0.2) is 6.29 Å². The fourth-order valence-electron chi connectivity index (χ4n) is 3.72. The van der Waals surface area contributed by atoms with Crippen molar-refractivity contribution in [2.75, 3.05) is 0 Å². The molecule has 2 saturated carbocycles. The predicted molar refractivity (Wildman–Crippen MR) is 62.7 cm³/mol. The van der Waals surface area contributed by atoms with E-state index in [-0.39, 0.29) is 5.41 Å². The fraction of sp³-hybridized carbons (Fsp3) is 0.929. The van der Waals surface area contributed by atoms with Gasteiger partial charge in [0, 0.05) is 5.41 Å². The Balaban J connectivity index is 2.01. The molecule has 86 valence electrons. The molecule has 2 atom stereocenters. The summed E-state index contributed by atoms with van der Waals surface area (Å²) in [5.74, 6) is 1.49. The third-order valence-electron chi connectivity index (χ3n) is 4.89. The minimum Gasteiger partial charge on any atom is -0.303 e. The van der Waals surface area contributed by atoms with E-state index in [4.69, 9.17) is 0 Å². The monoisotopic (exact) mass is 208 g/mol. The van der Waals surface area contributed by atoms with E-state index in [9.17, 15) is 4.79 Å². The van der Waals surface area contributed by atoms with E-state index in [1.807, 2.05) is 0 Å². The van der Waals surface area contributed by atoms with E-state index in [1.165, 1.54) is 57.7 Å². The maximum Gasteiger partial charge on any atom is 0.126 e. The first kappa shape index (κ1) is 11.2. The Bertz CT molecular complexity index is 217. The van der Waals surface area contributed by atoms with Gasteiger partial charge in [-0.05, 0) is 31.1 Å². The predicted octanol–water partition coefficient (Wildman–Crippen LogP) is 3.96. The Labute approximate surface area is 93.6 Å². The van der Waals surface area contributed by atoms with Crippen LogP contribution >= 0.6 is 0 Å². The van der Waals surface area contributed by atoms with Crippen LogP contribution in [0, 0.1) is 17.3 Å². The van der Waals surface area contributed by atoms with Gasteiger partial charge in [0.25, 0.3) is 0 Å². The quantitative estimate of drug-likeness (QED) is 0.641. The number of rotatable bonds is 3. The van der Waals surface area contributed by atoms with Crippen LogP contribution in [0.2, 0.25) is 0 Å². The average molecular weight is 208 g/mol. The molecule has 0 radical (unpaired) electrons. The van der Waals surface area contributed by atoms with Gasteiger partial charge in [-0.1, -0.05) is 45.4 Å². The van der Waals surface area contributed by atoms with Gasteiger partial charge in [0.1, 0.15) is 6.29 Å². The van der Waals surface area contributed by atoms with Crippen molar-refractivity contribution in [2.45, 2.75) is 64.7 Å². The topological polar surface area (TPSA) is 17.1 Å². The highest BCUT2D eigenvalue weighted by Gasteiger charge is 2.40. The fourth-order valence-corrected chi connectivity index (χ4v) is 3.72. The van der Waals surface area contributed by atoms with Crippen LogP contribution in [0.1, 0.15) is 64.7 Å². The standard InChI is InChI=1S/C14H24O/c1-12-6-4-5-9-14(12,11-15)10-13-7-2-3-8-13/h11-13H,2-10H2,1H3. The van der Waals surface area contributed by atoms with E-state index in [0.717, 1.165) is 12.3 Å². The van der Waals surface area contributed by atoms with Crippen LogP contribution in [0.3, 0.4) is 0 Å². The molecule has 0 aliphatic heterocycles. The smallest absolute Gasteiger partial charge is 0.126 e. The van der Waals surface area contributed by atoms with Gasteiger partial charge >= 0.3 is 0 Å². The van der Waals surface area contributed by atoms with Gasteiger partial charge in [-0.25, -0.2) is 0 Å². The molecule has 0 spiro atoms. The largest absolute Gasteiger partial charge is 0.303 e. The summed E-state index contributed by atoms with van der Waals surface area (Å²) in [4.78, 5) is 11.5. The van der Waals surface area contributed by atoms with Gasteiger partial charge in [0.2, 0.25) is 0 Å². The summed E-state index contributed by atoms with van der Waals surface area (Å²) < 4.78 is 0. The van der Waals surface area contributed by atoms with Crippen LogP contribution in [-0.2, 0) is 4.79 Å². The normalized spacial score (nSPS) is 38.1. The molecule has 2 aliphatic rings. The molecule has 0 aromatic rings. The first-order valence-electron chi connectivity index (χ1n) is 6.73. The van der Waals surface area contributed by atoms with Crippen molar-refractivity contribution >= 4 is 6.29 Å². The van der Waals surface area contributed by atoms with Crippen molar-refractivity contribution in [3.05, 3.63) is 0 Å². The first-order valence-corrected chi connectivity index (χ1v) is 6.73. The van der Waals surface area contributed by atoms with Crippen LogP contribution in [0.4, 0.5) is 0 Å². The molecule has 1 nitrogen and oxygen atoms in total. The first-order chi connectivity index (χ1) is 7.27. The van der Waals surface area contributed by atoms with Gasteiger partial charge < -0.3 is 4.79 Å². The zero-order chi connectivity index (χ0) is 10.7. The van der Waals surface area contributed by atoms with Gasteiger partial charge in [0.15, 0.2) is 0 Å². The minimum absolute atomic E-state index is 0.0628. The highest BCUT2D eigenvalue weighted by molar-refractivity contribution is 5.60. The molecule has 2 aliphatic carbocycles. The van der Waals surface area contributed by atoms with Crippen molar-refractivity contribution in [2.24, 2.45) is 17.3 Å². The van der Waals surface area contributed by atoms with Crippen molar-refractivity contribution in [1.29, 1.82) is 0 Å². The second kappa shape index (κ2) is 4.67. The summed E-state index contributed by atoms with van der Waals surface area (Å²) in [6, 6.07) is 0. The lowest BCUT2D eigenvalue weighted by Gasteiger charge is -2.40. The zero-order valence-corrected chi connectivity index (χ0v) is 10.0. The van der Waals surface area contributed by atoms with Crippen molar-refractivity contribution in [1.82, 2.24) is 0 Å². The summed E-state index contributed by atoms with van der Waals surface area (Å²) in [7, 11) is 0. The van der Waals surface area contributed by atoms with Crippen LogP contribution in [0.5, 0.6) is 0 Å². The Morgan fingerprint density at radius 1 is 1.13 bits per heavy atom. The number of hydrogen-bond acceptors (Lipinski definition) is 1. The second-order valence-electron chi connectivity index (χ2n) is 5.85. The third-order valence-corrected chi connectivity index (χ3v) is 4.89. The molecule has 0 aromatic carbocycles. The molecular formula is C14H24O. The summed E-state index contributed by atoms with van der Waals surface area (Å²) in [5.41, 5.74) is 0.0628. The van der Waals surface area contributed by atoms with Gasteiger partial charge in [-0.3, -0.25) is 0 Å². The van der Waals surface area contributed by atoms with Crippen molar-refractivity contribution in [3.8, 4) is 0 Å². The zero-order valence-electron chi connectivity index (χ0n) is 10.0. The van der Waals surface area contributed by atoms with E-state index >= 15 is 0 Å². The van der Waals surface area contributed by atoms with E-state index in [0.29, 0.717) is 5.92 Å². The van der Waals surface area contributed by atoms with Gasteiger partial charge in [-0.15, -0.1) is 0 Å². The molecule has 2 rings (SSSR count). The lowest BCUT2D eigenvalue weighted by atomic mass is 9.64. The number of aldehydes is 1. The minimum atomic E-state index is 0.0628. The summed E-state index contributed by atoms with van der Waals surface area (Å²) in [5, 5.41) is 0. The lowest BCUT2D eigenvalue weighted by molar-refractivity contribution is -0.122. The van der Waals surface area contributed by atoms with Gasteiger partial charge in [-0.2, -0.15) is 0 Å². The van der Waals surface area contributed by atoms with E-state index in [2.05, 4.69) is 6.92 Å². The molecule has 0 saturated heterocycles. The molecule has 2 fully saturated rings. The molecule has 0 heterocycles. The van der Waals surface area contributed by atoms with E-state index < -0.39 is 0 Å².